The Labute approximate surface area is 141 Å². The van der Waals surface area contributed by atoms with E-state index in [1.807, 2.05) is 54.6 Å². The number of nitrogens with one attached hydrogen (secondary N) is 1. The fourth-order valence-electron chi connectivity index (χ4n) is 3.23. The van der Waals surface area contributed by atoms with Gasteiger partial charge in [-0.25, -0.2) is 9.78 Å². The number of aromatic amines is 1. The van der Waals surface area contributed by atoms with Crippen LogP contribution in [-0.4, -0.2) is 21.0 Å². The SMILES string of the molecule is O=C(O)c1cc2c([nH]c3ccccc32)c(-c2cc3ccccc3o2)n1. The second kappa shape index (κ2) is 4.95. The molecule has 0 aliphatic heterocycles. The van der Waals surface area contributed by atoms with Crippen molar-refractivity contribution in [3.8, 4) is 11.5 Å². The highest BCUT2D eigenvalue weighted by Crippen LogP contribution is 2.35. The van der Waals surface area contributed by atoms with Crippen LogP contribution < -0.4 is 0 Å². The van der Waals surface area contributed by atoms with E-state index in [9.17, 15) is 9.90 Å². The number of carboxylic acid groups (broad SMARTS) is 1. The number of aromatic carboxylic acids is 1. The maximum atomic E-state index is 11.6. The Morgan fingerprint density at radius 2 is 1.80 bits per heavy atom. The molecule has 120 valence electrons. The van der Waals surface area contributed by atoms with Crippen molar-refractivity contribution < 1.29 is 14.3 Å². The van der Waals surface area contributed by atoms with Crippen molar-refractivity contribution in [2.45, 2.75) is 0 Å². The number of fused-ring (bicyclic) bond motifs is 4. The minimum atomic E-state index is -1.07. The van der Waals surface area contributed by atoms with Gasteiger partial charge in [0.15, 0.2) is 5.76 Å². The molecule has 5 nitrogen and oxygen atoms in total. The first-order chi connectivity index (χ1) is 12.2. The Morgan fingerprint density at radius 3 is 2.64 bits per heavy atom. The number of pyridine rings is 1. The van der Waals surface area contributed by atoms with Crippen LogP contribution in [0.3, 0.4) is 0 Å². The molecule has 0 aliphatic rings. The normalized spacial score (nSPS) is 11.5. The third-order valence-corrected chi connectivity index (χ3v) is 4.37. The van der Waals surface area contributed by atoms with Crippen LogP contribution >= 0.6 is 0 Å². The zero-order valence-electron chi connectivity index (χ0n) is 13.0. The van der Waals surface area contributed by atoms with Crippen molar-refractivity contribution in [2.24, 2.45) is 0 Å². The van der Waals surface area contributed by atoms with Gasteiger partial charge in [0.2, 0.25) is 0 Å². The number of nitrogens with zero attached hydrogens (tertiary/aromatic N) is 1. The molecule has 5 heteroatoms. The third-order valence-electron chi connectivity index (χ3n) is 4.37. The maximum Gasteiger partial charge on any atom is 0.354 e. The van der Waals surface area contributed by atoms with E-state index in [2.05, 4.69) is 9.97 Å². The van der Waals surface area contributed by atoms with E-state index < -0.39 is 5.97 Å². The molecule has 0 unspecified atom stereocenters. The number of hydrogen-bond donors (Lipinski definition) is 2. The van der Waals surface area contributed by atoms with Gasteiger partial charge in [-0.2, -0.15) is 0 Å². The number of benzene rings is 2. The van der Waals surface area contributed by atoms with Crippen molar-refractivity contribution in [3.63, 3.8) is 0 Å². The highest BCUT2D eigenvalue weighted by molar-refractivity contribution is 6.12. The van der Waals surface area contributed by atoms with E-state index in [4.69, 9.17) is 4.42 Å². The molecular weight excluding hydrogens is 316 g/mol. The second-order valence-corrected chi connectivity index (χ2v) is 5.90. The van der Waals surface area contributed by atoms with Gasteiger partial charge in [0.05, 0.1) is 5.52 Å². The molecule has 3 aromatic heterocycles. The predicted octanol–water partition coefficient (Wildman–Crippen LogP) is 4.83. The summed E-state index contributed by atoms with van der Waals surface area (Å²) >= 11 is 0. The number of para-hydroxylation sites is 2. The van der Waals surface area contributed by atoms with Crippen LogP contribution in [0.25, 0.3) is 44.2 Å². The number of furan rings is 1. The van der Waals surface area contributed by atoms with E-state index in [1.54, 1.807) is 6.07 Å². The molecule has 0 spiro atoms. The summed E-state index contributed by atoms with van der Waals surface area (Å²) in [6, 6.07) is 18.9. The second-order valence-electron chi connectivity index (χ2n) is 5.90. The van der Waals surface area contributed by atoms with Crippen LogP contribution in [0, 0.1) is 0 Å². The molecule has 0 fully saturated rings. The molecule has 5 rings (SSSR count). The zero-order valence-corrected chi connectivity index (χ0v) is 13.0. The van der Waals surface area contributed by atoms with Crippen LogP contribution in [-0.2, 0) is 0 Å². The van der Waals surface area contributed by atoms with Crippen molar-refractivity contribution in [1.29, 1.82) is 0 Å². The van der Waals surface area contributed by atoms with Gasteiger partial charge in [-0.3, -0.25) is 0 Å². The molecule has 0 amide bonds. The smallest absolute Gasteiger partial charge is 0.354 e. The molecule has 0 saturated carbocycles. The lowest BCUT2D eigenvalue weighted by molar-refractivity contribution is 0.0691. The standard InChI is InChI=1S/C20H12N2O3/c23-20(24)15-10-13-12-6-2-3-7-14(12)21-18(13)19(22-15)17-9-11-5-1-4-8-16(11)25-17/h1-10,21H,(H,23,24). The van der Waals surface area contributed by atoms with Gasteiger partial charge < -0.3 is 14.5 Å². The molecule has 3 heterocycles. The summed E-state index contributed by atoms with van der Waals surface area (Å²) in [4.78, 5) is 19.2. The first kappa shape index (κ1) is 13.8. The van der Waals surface area contributed by atoms with Gasteiger partial charge in [-0.15, -0.1) is 0 Å². The van der Waals surface area contributed by atoms with Crippen LogP contribution in [0.5, 0.6) is 0 Å². The maximum absolute atomic E-state index is 11.6. The van der Waals surface area contributed by atoms with Crippen LogP contribution in [0.2, 0.25) is 0 Å². The Balaban J connectivity index is 1.91. The Morgan fingerprint density at radius 1 is 1.00 bits per heavy atom. The van der Waals surface area contributed by atoms with Crippen molar-refractivity contribution in [1.82, 2.24) is 9.97 Å². The summed E-state index contributed by atoms with van der Waals surface area (Å²) in [5, 5.41) is 12.2. The van der Waals surface area contributed by atoms with Gasteiger partial charge in [0.1, 0.15) is 17.0 Å². The molecule has 2 aromatic carbocycles. The third kappa shape index (κ3) is 2.03. The number of carbonyl (C=O) groups is 1. The summed E-state index contributed by atoms with van der Waals surface area (Å²) in [6.45, 7) is 0. The highest BCUT2D eigenvalue weighted by Gasteiger charge is 2.18. The van der Waals surface area contributed by atoms with Gasteiger partial charge in [0.25, 0.3) is 0 Å². The van der Waals surface area contributed by atoms with Gasteiger partial charge in [0, 0.05) is 21.7 Å². The van der Waals surface area contributed by atoms with Crippen molar-refractivity contribution in [3.05, 3.63) is 66.4 Å². The van der Waals surface area contributed by atoms with E-state index in [1.165, 1.54) is 0 Å². The summed E-state index contributed by atoms with van der Waals surface area (Å²) < 4.78 is 5.92. The van der Waals surface area contributed by atoms with Gasteiger partial charge in [-0.1, -0.05) is 36.4 Å². The van der Waals surface area contributed by atoms with Gasteiger partial charge >= 0.3 is 5.97 Å². The molecule has 0 aliphatic carbocycles. The lowest BCUT2D eigenvalue weighted by Gasteiger charge is -2.02. The Bertz CT molecular complexity index is 1250. The van der Waals surface area contributed by atoms with Crippen LogP contribution in [0.15, 0.2) is 65.1 Å². The number of rotatable bonds is 2. The highest BCUT2D eigenvalue weighted by atomic mass is 16.4. The summed E-state index contributed by atoms with van der Waals surface area (Å²) in [7, 11) is 0. The predicted molar refractivity (Wildman–Crippen MR) is 95.8 cm³/mol. The molecule has 0 atom stereocenters. The molecule has 0 saturated heterocycles. The quantitative estimate of drug-likeness (QED) is 0.486. The lowest BCUT2D eigenvalue weighted by atomic mass is 10.1. The zero-order chi connectivity index (χ0) is 17.0. The Hall–Kier alpha value is -3.60. The minimum absolute atomic E-state index is 0.00675. The van der Waals surface area contributed by atoms with Crippen molar-refractivity contribution in [2.75, 3.05) is 0 Å². The van der Waals surface area contributed by atoms with Crippen LogP contribution in [0.4, 0.5) is 0 Å². The largest absolute Gasteiger partial charge is 0.477 e. The fraction of sp³-hybridized carbons (Fsp3) is 0. The van der Waals surface area contributed by atoms with Crippen molar-refractivity contribution >= 4 is 38.7 Å². The number of aromatic nitrogens is 2. The molecule has 5 aromatic rings. The summed E-state index contributed by atoms with van der Waals surface area (Å²) in [6.07, 6.45) is 0. The van der Waals surface area contributed by atoms with E-state index in [0.29, 0.717) is 11.5 Å². The number of H-pyrrole nitrogens is 1. The average Bonchev–Trinajstić information content (AvgIpc) is 3.22. The Kier molecular flexibility index (Phi) is 2.73. The number of carboxylic acids is 1. The summed E-state index contributed by atoms with van der Waals surface area (Å²) in [5.41, 5.74) is 2.93. The topological polar surface area (TPSA) is 79.1 Å². The van der Waals surface area contributed by atoms with E-state index in [0.717, 1.165) is 32.8 Å². The fourth-order valence-corrected chi connectivity index (χ4v) is 3.23. The first-order valence-electron chi connectivity index (χ1n) is 7.84. The van der Waals surface area contributed by atoms with Crippen LogP contribution in [0.1, 0.15) is 10.5 Å². The lowest BCUT2D eigenvalue weighted by Crippen LogP contribution is -2.01. The van der Waals surface area contributed by atoms with Gasteiger partial charge in [-0.05, 0) is 24.3 Å². The molecular formula is C20H12N2O3. The average molecular weight is 328 g/mol. The first-order valence-corrected chi connectivity index (χ1v) is 7.84. The van der Waals surface area contributed by atoms with E-state index in [-0.39, 0.29) is 5.69 Å². The van der Waals surface area contributed by atoms with E-state index >= 15 is 0 Å². The molecule has 25 heavy (non-hydrogen) atoms. The molecule has 0 bridgehead atoms. The minimum Gasteiger partial charge on any atom is -0.477 e. The summed E-state index contributed by atoms with van der Waals surface area (Å²) in [5.74, 6) is -0.523. The monoisotopic (exact) mass is 328 g/mol. The molecule has 2 N–H and O–H groups in total. The number of hydrogen-bond acceptors (Lipinski definition) is 3. The molecule has 0 radical (unpaired) electrons.